The molecule has 0 fully saturated rings. The van der Waals surface area contributed by atoms with E-state index in [4.69, 9.17) is 4.74 Å². The van der Waals surface area contributed by atoms with Gasteiger partial charge in [0.25, 0.3) is 5.91 Å². The molecule has 0 aromatic heterocycles. The number of phenols is 1. The highest BCUT2D eigenvalue weighted by atomic mass is 16.5. The lowest BCUT2D eigenvalue weighted by atomic mass is 10.1. The normalized spacial score (nSPS) is 13.0. The first-order valence-electron chi connectivity index (χ1n) is 8.03. The van der Waals surface area contributed by atoms with Gasteiger partial charge in [0.1, 0.15) is 12.4 Å². The van der Waals surface area contributed by atoms with E-state index in [9.17, 15) is 9.90 Å². The first-order valence-corrected chi connectivity index (χ1v) is 8.03. The lowest BCUT2D eigenvalue weighted by molar-refractivity contribution is -0.122. The number of amides is 1. The van der Waals surface area contributed by atoms with E-state index in [2.05, 4.69) is 5.32 Å². The molecule has 2 aromatic rings. The topological polar surface area (TPSA) is 61.8 Å². The number of nitrogens with zero attached hydrogens (tertiary/aromatic N) is 1. The molecule has 126 valence electrons. The lowest BCUT2D eigenvalue weighted by Crippen LogP contribution is -2.31. The number of rotatable bonds is 5. The minimum absolute atomic E-state index is 0.0168. The SMILES string of the molecule is COCC(=O)N1CCc2c(NCc3ccc(C)c(O)c3)cccc21. The summed E-state index contributed by atoms with van der Waals surface area (Å²) in [7, 11) is 1.53. The van der Waals surface area contributed by atoms with E-state index in [1.165, 1.54) is 7.11 Å². The maximum Gasteiger partial charge on any atom is 0.252 e. The molecule has 5 heteroatoms. The highest BCUT2D eigenvalue weighted by molar-refractivity contribution is 5.97. The van der Waals surface area contributed by atoms with Crippen LogP contribution in [0.5, 0.6) is 5.75 Å². The summed E-state index contributed by atoms with van der Waals surface area (Å²) in [5.41, 5.74) is 5.01. The number of benzene rings is 2. The van der Waals surface area contributed by atoms with E-state index < -0.39 is 0 Å². The van der Waals surface area contributed by atoms with Crippen LogP contribution in [0.1, 0.15) is 16.7 Å². The van der Waals surface area contributed by atoms with Crippen LogP contribution in [0.3, 0.4) is 0 Å². The molecule has 1 heterocycles. The van der Waals surface area contributed by atoms with Crippen LogP contribution in [-0.4, -0.2) is 31.3 Å². The third-order valence-corrected chi connectivity index (χ3v) is 4.35. The van der Waals surface area contributed by atoms with E-state index in [0.717, 1.165) is 34.5 Å². The van der Waals surface area contributed by atoms with Crippen LogP contribution in [0.15, 0.2) is 36.4 Å². The van der Waals surface area contributed by atoms with E-state index in [1.54, 1.807) is 11.0 Å². The summed E-state index contributed by atoms with van der Waals surface area (Å²) < 4.78 is 4.96. The second kappa shape index (κ2) is 6.93. The Bertz CT molecular complexity index is 758. The number of phenolic OH excluding ortho intramolecular Hbond substituents is 1. The quantitative estimate of drug-likeness (QED) is 0.887. The average molecular weight is 326 g/mol. The molecule has 0 atom stereocenters. The fourth-order valence-corrected chi connectivity index (χ4v) is 3.02. The predicted octanol–water partition coefficient (Wildman–Crippen LogP) is 2.85. The van der Waals surface area contributed by atoms with Crippen molar-refractivity contribution in [2.24, 2.45) is 0 Å². The number of methoxy groups -OCH3 is 1. The monoisotopic (exact) mass is 326 g/mol. The number of hydrogen-bond donors (Lipinski definition) is 2. The number of fused-ring (bicyclic) bond motifs is 1. The van der Waals surface area contributed by atoms with E-state index >= 15 is 0 Å². The molecule has 1 amide bonds. The number of hydrogen-bond acceptors (Lipinski definition) is 4. The third-order valence-electron chi connectivity index (χ3n) is 4.35. The summed E-state index contributed by atoms with van der Waals surface area (Å²) in [4.78, 5) is 13.9. The van der Waals surface area contributed by atoms with Crippen LogP contribution < -0.4 is 10.2 Å². The number of carbonyl (C=O) groups excluding carboxylic acids is 1. The number of ether oxygens (including phenoxy) is 1. The van der Waals surface area contributed by atoms with E-state index in [-0.39, 0.29) is 12.5 Å². The van der Waals surface area contributed by atoms with Gasteiger partial charge in [-0.1, -0.05) is 18.2 Å². The van der Waals surface area contributed by atoms with Gasteiger partial charge < -0.3 is 20.1 Å². The first-order chi connectivity index (χ1) is 11.6. The summed E-state index contributed by atoms with van der Waals surface area (Å²) in [5.74, 6) is 0.292. The maximum atomic E-state index is 12.1. The second-order valence-electron chi connectivity index (χ2n) is 6.01. The minimum atomic E-state index is -0.0168. The largest absolute Gasteiger partial charge is 0.508 e. The zero-order valence-corrected chi connectivity index (χ0v) is 14.0. The van der Waals surface area contributed by atoms with Crippen LogP contribution in [-0.2, 0) is 22.5 Å². The maximum absolute atomic E-state index is 12.1. The Morgan fingerprint density at radius 2 is 2.17 bits per heavy atom. The molecule has 0 radical (unpaired) electrons. The summed E-state index contributed by atoms with van der Waals surface area (Å²) in [6.07, 6.45) is 0.826. The molecular formula is C19H22N2O3. The molecule has 0 saturated heterocycles. The van der Waals surface area contributed by atoms with Crippen LogP contribution in [0.25, 0.3) is 0 Å². The molecule has 0 aliphatic carbocycles. The van der Waals surface area contributed by atoms with Crippen molar-refractivity contribution < 1.29 is 14.6 Å². The van der Waals surface area contributed by atoms with Gasteiger partial charge >= 0.3 is 0 Å². The van der Waals surface area contributed by atoms with Gasteiger partial charge in [-0.3, -0.25) is 4.79 Å². The molecule has 3 rings (SSSR count). The number of nitrogens with one attached hydrogen (secondary N) is 1. The molecule has 0 unspecified atom stereocenters. The zero-order chi connectivity index (χ0) is 17.1. The molecule has 2 aromatic carbocycles. The second-order valence-corrected chi connectivity index (χ2v) is 6.01. The predicted molar refractivity (Wildman–Crippen MR) is 94.5 cm³/mol. The summed E-state index contributed by atoms with van der Waals surface area (Å²) in [6, 6.07) is 11.6. The molecule has 2 N–H and O–H groups in total. The van der Waals surface area contributed by atoms with Gasteiger partial charge in [-0.15, -0.1) is 0 Å². The van der Waals surface area contributed by atoms with Gasteiger partial charge in [0.2, 0.25) is 0 Å². The fourth-order valence-electron chi connectivity index (χ4n) is 3.02. The third kappa shape index (κ3) is 3.21. The Hall–Kier alpha value is -2.53. The molecule has 24 heavy (non-hydrogen) atoms. The Morgan fingerprint density at radius 1 is 1.33 bits per heavy atom. The van der Waals surface area contributed by atoms with Crippen LogP contribution >= 0.6 is 0 Å². The Kier molecular flexibility index (Phi) is 4.71. The van der Waals surface area contributed by atoms with Crippen molar-refractivity contribution in [1.82, 2.24) is 0 Å². The number of aryl methyl sites for hydroxylation is 1. The van der Waals surface area contributed by atoms with Crippen molar-refractivity contribution >= 4 is 17.3 Å². The summed E-state index contributed by atoms with van der Waals surface area (Å²) >= 11 is 0. The van der Waals surface area contributed by atoms with Gasteiger partial charge in [-0.2, -0.15) is 0 Å². The Balaban J connectivity index is 1.76. The smallest absolute Gasteiger partial charge is 0.252 e. The standard InChI is InChI=1S/C19H22N2O3/c1-13-6-7-14(10-18(13)22)11-20-16-4-3-5-17-15(16)8-9-21(17)19(23)12-24-2/h3-7,10,20,22H,8-9,11-12H2,1-2H3. The van der Waals surface area contributed by atoms with Crippen LogP contribution in [0.2, 0.25) is 0 Å². The molecule has 0 bridgehead atoms. The molecule has 5 nitrogen and oxygen atoms in total. The van der Waals surface area contributed by atoms with Gasteiger partial charge in [0, 0.05) is 37.1 Å². The van der Waals surface area contributed by atoms with Crippen molar-refractivity contribution in [3.05, 3.63) is 53.1 Å². The van der Waals surface area contributed by atoms with Crippen molar-refractivity contribution in [2.45, 2.75) is 19.9 Å². The highest BCUT2D eigenvalue weighted by Gasteiger charge is 2.26. The van der Waals surface area contributed by atoms with Crippen molar-refractivity contribution in [3.63, 3.8) is 0 Å². The van der Waals surface area contributed by atoms with Gasteiger partial charge in [-0.05, 0) is 42.7 Å². The van der Waals surface area contributed by atoms with Crippen LogP contribution in [0.4, 0.5) is 11.4 Å². The lowest BCUT2D eigenvalue weighted by Gasteiger charge is -2.17. The average Bonchev–Trinajstić information content (AvgIpc) is 3.01. The highest BCUT2D eigenvalue weighted by Crippen LogP contribution is 2.34. The van der Waals surface area contributed by atoms with Gasteiger partial charge in [0.05, 0.1) is 0 Å². The number of anilines is 2. The first kappa shape index (κ1) is 16.3. The van der Waals surface area contributed by atoms with Crippen LogP contribution in [0, 0.1) is 6.92 Å². The van der Waals surface area contributed by atoms with Gasteiger partial charge in [-0.25, -0.2) is 0 Å². The van der Waals surface area contributed by atoms with Gasteiger partial charge in [0.15, 0.2) is 0 Å². The summed E-state index contributed by atoms with van der Waals surface area (Å²) in [6.45, 7) is 3.28. The number of carbonyl (C=O) groups is 1. The summed E-state index contributed by atoms with van der Waals surface area (Å²) in [5, 5.41) is 13.2. The molecule has 0 spiro atoms. The number of aromatic hydroxyl groups is 1. The zero-order valence-electron chi connectivity index (χ0n) is 14.0. The molecule has 1 aliphatic heterocycles. The fraction of sp³-hybridized carbons (Fsp3) is 0.316. The van der Waals surface area contributed by atoms with Crippen molar-refractivity contribution in [3.8, 4) is 5.75 Å². The van der Waals surface area contributed by atoms with E-state index in [0.29, 0.717) is 18.8 Å². The molecular weight excluding hydrogens is 304 g/mol. The molecule has 0 saturated carbocycles. The van der Waals surface area contributed by atoms with Crippen molar-refractivity contribution in [1.29, 1.82) is 0 Å². The van der Waals surface area contributed by atoms with Crippen molar-refractivity contribution in [2.75, 3.05) is 30.5 Å². The Labute approximate surface area is 141 Å². The molecule has 1 aliphatic rings. The van der Waals surface area contributed by atoms with E-state index in [1.807, 2.05) is 37.3 Å². The Morgan fingerprint density at radius 3 is 2.92 bits per heavy atom. The minimum Gasteiger partial charge on any atom is -0.508 e.